The first-order valence-corrected chi connectivity index (χ1v) is 8.91. The highest BCUT2D eigenvalue weighted by Crippen LogP contribution is 2.29. The molecule has 2 heterocycles. The van der Waals surface area contributed by atoms with Gasteiger partial charge in [0, 0.05) is 10.6 Å². The molecule has 0 aliphatic carbocycles. The number of halogens is 1. The van der Waals surface area contributed by atoms with Crippen LogP contribution in [0.25, 0.3) is 0 Å². The molecule has 26 heavy (non-hydrogen) atoms. The van der Waals surface area contributed by atoms with Crippen molar-refractivity contribution in [1.29, 1.82) is 0 Å². The summed E-state index contributed by atoms with van der Waals surface area (Å²) in [7, 11) is 0. The summed E-state index contributed by atoms with van der Waals surface area (Å²) in [5.41, 5.74) is 1.89. The van der Waals surface area contributed by atoms with E-state index in [0.29, 0.717) is 27.1 Å². The van der Waals surface area contributed by atoms with Crippen molar-refractivity contribution in [2.45, 2.75) is 0 Å². The summed E-state index contributed by atoms with van der Waals surface area (Å²) in [6, 6.07) is 11.2. The molecule has 2 aliphatic rings. The van der Waals surface area contributed by atoms with Gasteiger partial charge in [0.25, 0.3) is 5.91 Å². The Balaban J connectivity index is 1.71. The lowest BCUT2D eigenvalue weighted by molar-refractivity contribution is -0.115. The average Bonchev–Trinajstić information content (AvgIpc) is 3.13. The van der Waals surface area contributed by atoms with Crippen molar-refractivity contribution in [1.82, 2.24) is 0 Å². The Kier molecular flexibility index (Phi) is 4.14. The number of amidine groups is 1. The van der Waals surface area contributed by atoms with Gasteiger partial charge in [0.15, 0.2) is 10.9 Å². The first-order valence-electron chi connectivity index (χ1n) is 7.54. The second kappa shape index (κ2) is 6.47. The van der Waals surface area contributed by atoms with Crippen molar-refractivity contribution < 1.29 is 14.7 Å². The zero-order valence-electron chi connectivity index (χ0n) is 13.1. The van der Waals surface area contributed by atoms with Crippen molar-refractivity contribution >= 4 is 57.4 Å². The van der Waals surface area contributed by atoms with Crippen LogP contribution in [-0.4, -0.2) is 33.6 Å². The second-order valence-corrected chi connectivity index (χ2v) is 6.89. The number of hydrogen-bond acceptors (Lipinski definition) is 6. The number of benzene rings is 2. The van der Waals surface area contributed by atoms with Gasteiger partial charge in [-0.2, -0.15) is 0 Å². The number of carbonyl (C=O) groups excluding carboxylic acids is 2. The molecule has 0 bridgehead atoms. The predicted octanol–water partition coefficient (Wildman–Crippen LogP) is 2.84. The van der Waals surface area contributed by atoms with Crippen LogP contribution >= 0.6 is 23.4 Å². The van der Waals surface area contributed by atoms with E-state index in [4.69, 9.17) is 11.6 Å². The van der Waals surface area contributed by atoms with Crippen LogP contribution in [0.5, 0.6) is 5.75 Å². The second-order valence-electron chi connectivity index (χ2n) is 5.51. The summed E-state index contributed by atoms with van der Waals surface area (Å²) in [4.78, 5) is 25.7. The molecule has 2 aromatic rings. The van der Waals surface area contributed by atoms with Crippen LogP contribution in [0.4, 0.5) is 11.4 Å². The van der Waals surface area contributed by atoms with Gasteiger partial charge < -0.3 is 10.4 Å². The van der Waals surface area contributed by atoms with E-state index in [2.05, 4.69) is 15.5 Å². The predicted molar refractivity (Wildman–Crippen MR) is 102 cm³/mol. The summed E-state index contributed by atoms with van der Waals surface area (Å²) >= 11 is 7.22. The number of aromatic hydroxyl groups is 1. The topological polar surface area (TPSA) is 94.4 Å². The minimum Gasteiger partial charge on any atom is -0.508 e. The van der Waals surface area contributed by atoms with Crippen LogP contribution < -0.4 is 10.2 Å². The molecule has 2 N–H and O–H groups in total. The minimum absolute atomic E-state index is 0.0999. The highest BCUT2D eigenvalue weighted by Gasteiger charge is 2.31. The number of anilines is 2. The van der Waals surface area contributed by atoms with Crippen molar-refractivity contribution in [3.05, 3.63) is 53.1 Å². The van der Waals surface area contributed by atoms with E-state index in [9.17, 15) is 14.7 Å². The van der Waals surface area contributed by atoms with Gasteiger partial charge in [0.1, 0.15) is 5.75 Å². The van der Waals surface area contributed by atoms with Crippen LogP contribution in [0.15, 0.2) is 52.7 Å². The molecule has 0 spiro atoms. The maximum Gasteiger partial charge on any atom is 0.276 e. The van der Waals surface area contributed by atoms with Gasteiger partial charge in [-0.3, -0.25) is 14.5 Å². The van der Waals surface area contributed by atoms with Gasteiger partial charge >= 0.3 is 0 Å². The Hall–Kier alpha value is -2.84. The lowest BCUT2D eigenvalue weighted by Gasteiger charge is -2.15. The van der Waals surface area contributed by atoms with E-state index in [1.807, 2.05) is 0 Å². The van der Waals surface area contributed by atoms with Crippen LogP contribution in [0.3, 0.4) is 0 Å². The Morgan fingerprint density at radius 2 is 1.88 bits per heavy atom. The number of thioether (sulfide) groups is 1. The average molecular weight is 387 g/mol. The maximum absolute atomic E-state index is 12.2. The Morgan fingerprint density at radius 1 is 1.12 bits per heavy atom. The van der Waals surface area contributed by atoms with Crippen molar-refractivity contribution in [2.24, 2.45) is 10.2 Å². The summed E-state index contributed by atoms with van der Waals surface area (Å²) < 4.78 is 0. The fraction of sp³-hybridized carbons (Fsp3) is 0.0588. The van der Waals surface area contributed by atoms with E-state index in [1.54, 1.807) is 30.3 Å². The zero-order valence-corrected chi connectivity index (χ0v) is 14.7. The van der Waals surface area contributed by atoms with Gasteiger partial charge in [-0.25, -0.2) is 0 Å². The molecule has 0 saturated carbocycles. The molecule has 9 heteroatoms. The van der Waals surface area contributed by atoms with Crippen LogP contribution in [0.1, 0.15) is 5.56 Å². The van der Waals surface area contributed by atoms with Gasteiger partial charge in [0.2, 0.25) is 5.91 Å². The lowest BCUT2D eigenvalue weighted by atomic mass is 10.1. The molecule has 130 valence electrons. The third kappa shape index (κ3) is 2.93. The number of phenolic OH excluding ortho intramolecular Hbond substituents is 1. The summed E-state index contributed by atoms with van der Waals surface area (Å²) in [6.45, 7) is 0. The lowest BCUT2D eigenvalue weighted by Crippen LogP contribution is -2.29. The molecule has 1 fully saturated rings. The standard InChI is InChI=1S/C17H11ClN4O3S/c18-9-1-6-13-12(7-9)15(16(25)19-13)20-21-17-22(14(24)8-26-17)10-2-4-11(23)5-3-10/h1-7,23H,8H2,(H,19,20,25)/b21-17-. The Morgan fingerprint density at radius 3 is 2.65 bits per heavy atom. The van der Waals surface area contributed by atoms with E-state index in [-0.39, 0.29) is 29.0 Å². The molecular formula is C17H11ClN4O3S. The molecule has 1 saturated heterocycles. The fourth-order valence-electron chi connectivity index (χ4n) is 2.61. The Bertz CT molecular complexity index is 988. The highest BCUT2D eigenvalue weighted by atomic mass is 35.5. The summed E-state index contributed by atoms with van der Waals surface area (Å²) in [6.07, 6.45) is 0. The van der Waals surface area contributed by atoms with Crippen molar-refractivity contribution in [3.63, 3.8) is 0 Å². The van der Waals surface area contributed by atoms with Gasteiger partial charge in [-0.1, -0.05) is 23.4 Å². The summed E-state index contributed by atoms with van der Waals surface area (Å²) in [5.74, 6) is -0.210. The number of rotatable bonds is 2. The van der Waals surface area contributed by atoms with Crippen molar-refractivity contribution in [2.75, 3.05) is 16.0 Å². The number of nitrogens with zero attached hydrogens (tertiary/aromatic N) is 3. The molecule has 4 rings (SSSR count). The molecule has 7 nitrogen and oxygen atoms in total. The molecule has 2 aromatic carbocycles. The van der Waals surface area contributed by atoms with Crippen molar-refractivity contribution in [3.8, 4) is 5.75 Å². The van der Waals surface area contributed by atoms with Crippen LogP contribution in [0, 0.1) is 0 Å². The zero-order chi connectivity index (χ0) is 18.3. The highest BCUT2D eigenvalue weighted by molar-refractivity contribution is 8.15. The third-order valence-electron chi connectivity index (χ3n) is 3.81. The smallest absolute Gasteiger partial charge is 0.276 e. The maximum atomic E-state index is 12.2. The number of hydrogen-bond donors (Lipinski definition) is 2. The number of fused-ring (bicyclic) bond motifs is 1. The van der Waals surface area contributed by atoms with E-state index >= 15 is 0 Å². The molecule has 2 aliphatic heterocycles. The first kappa shape index (κ1) is 16.6. The Labute approximate surface area is 157 Å². The van der Waals surface area contributed by atoms with Gasteiger partial charge in [-0.15, -0.1) is 10.2 Å². The molecule has 0 aromatic heterocycles. The minimum atomic E-state index is -0.378. The van der Waals surface area contributed by atoms with Gasteiger partial charge in [0.05, 0.1) is 17.1 Å². The van der Waals surface area contributed by atoms with E-state index in [1.165, 1.54) is 28.8 Å². The third-order valence-corrected chi connectivity index (χ3v) is 4.96. The molecular weight excluding hydrogens is 376 g/mol. The fourth-order valence-corrected chi connectivity index (χ4v) is 3.60. The molecule has 0 atom stereocenters. The summed E-state index contributed by atoms with van der Waals surface area (Å²) in [5, 5.41) is 21.1. The number of nitrogens with one attached hydrogen (secondary N) is 1. The normalized spacial score (nSPS) is 19.3. The number of carbonyl (C=O) groups is 2. The molecule has 2 amide bonds. The molecule has 0 radical (unpaired) electrons. The van der Waals surface area contributed by atoms with Crippen LogP contribution in [0.2, 0.25) is 5.02 Å². The quantitative estimate of drug-likeness (QED) is 0.776. The van der Waals surface area contributed by atoms with E-state index in [0.717, 1.165) is 0 Å². The van der Waals surface area contributed by atoms with E-state index < -0.39 is 0 Å². The van der Waals surface area contributed by atoms with Crippen LogP contribution in [-0.2, 0) is 9.59 Å². The largest absolute Gasteiger partial charge is 0.508 e. The number of amides is 2. The monoisotopic (exact) mass is 386 g/mol. The number of phenols is 1. The SMILES string of the molecule is O=C1Nc2ccc(Cl)cc2/C1=N/N=C1\SCC(=O)N1c1ccc(O)cc1. The van der Waals surface area contributed by atoms with Gasteiger partial charge in [-0.05, 0) is 42.5 Å². The first-order chi connectivity index (χ1) is 12.5. The molecule has 0 unspecified atom stereocenters.